The third kappa shape index (κ3) is 4.92. The van der Waals surface area contributed by atoms with Crippen LogP contribution in [0.2, 0.25) is 0 Å². The third-order valence-corrected chi connectivity index (χ3v) is 6.31. The maximum absolute atomic E-state index is 13.5. The van der Waals surface area contributed by atoms with Crippen LogP contribution in [0, 0.1) is 0 Å². The summed E-state index contributed by atoms with van der Waals surface area (Å²) in [5.41, 5.74) is 3.90. The maximum atomic E-state index is 13.5. The number of hydrogen-bond acceptors (Lipinski definition) is 5. The Morgan fingerprint density at radius 3 is 2.45 bits per heavy atom. The van der Waals surface area contributed by atoms with Crippen LogP contribution in [-0.2, 0) is 6.54 Å². The van der Waals surface area contributed by atoms with Gasteiger partial charge in [-0.05, 0) is 42.7 Å². The van der Waals surface area contributed by atoms with Gasteiger partial charge in [-0.1, -0.05) is 38.2 Å². The summed E-state index contributed by atoms with van der Waals surface area (Å²) < 4.78 is 1.83. The molecule has 4 aromatic rings. The van der Waals surface area contributed by atoms with Gasteiger partial charge >= 0.3 is 0 Å². The average molecular weight is 441 g/mol. The van der Waals surface area contributed by atoms with E-state index >= 15 is 0 Å². The molecule has 1 fully saturated rings. The van der Waals surface area contributed by atoms with Gasteiger partial charge in [0.25, 0.3) is 5.91 Å². The van der Waals surface area contributed by atoms with Crippen molar-refractivity contribution in [2.75, 3.05) is 0 Å². The van der Waals surface area contributed by atoms with Crippen molar-refractivity contribution >= 4 is 16.9 Å². The fraction of sp³-hybridized carbons (Fsp3) is 0.346. The van der Waals surface area contributed by atoms with Crippen molar-refractivity contribution < 1.29 is 4.79 Å². The zero-order valence-electron chi connectivity index (χ0n) is 18.7. The van der Waals surface area contributed by atoms with Crippen LogP contribution in [0.4, 0.5) is 0 Å². The molecule has 7 nitrogen and oxygen atoms in total. The molecule has 0 aliphatic heterocycles. The molecule has 0 spiro atoms. The molecule has 4 heterocycles. The number of fused-ring (bicyclic) bond motifs is 1. The van der Waals surface area contributed by atoms with E-state index in [0.717, 1.165) is 29.4 Å². The SMILES string of the molecule is O=C(NC1CCCCCCC1)c1cc(-c2cccnc2)nc2c1cnn2Cc1cccnc1. The Morgan fingerprint density at radius 2 is 1.73 bits per heavy atom. The van der Waals surface area contributed by atoms with E-state index in [0.29, 0.717) is 23.4 Å². The van der Waals surface area contributed by atoms with Crippen molar-refractivity contribution in [3.63, 3.8) is 0 Å². The van der Waals surface area contributed by atoms with Crippen molar-refractivity contribution in [1.82, 2.24) is 30.0 Å². The van der Waals surface area contributed by atoms with E-state index in [1.54, 1.807) is 24.8 Å². The molecular formula is C26H28N6O. The predicted molar refractivity (Wildman–Crippen MR) is 128 cm³/mol. The molecule has 1 N–H and O–H groups in total. The molecule has 33 heavy (non-hydrogen) atoms. The number of pyridine rings is 3. The van der Waals surface area contributed by atoms with Gasteiger partial charge < -0.3 is 5.32 Å². The average Bonchev–Trinajstić information content (AvgIpc) is 3.24. The van der Waals surface area contributed by atoms with Crippen LogP contribution in [0.15, 0.2) is 61.3 Å². The molecule has 1 aliphatic rings. The molecule has 5 rings (SSSR count). The minimum absolute atomic E-state index is 0.0564. The quantitative estimate of drug-likeness (QED) is 0.483. The van der Waals surface area contributed by atoms with E-state index in [4.69, 9.17) is 4.98 Å². The number of carbonyl (C=O) groups is 1. The zero-order chi connectivity index (χ0) is 22.5. The number of hydrogen-bond donors (Lipinski definition) is 1. The van der Waals surface area contributed by atoms with Crippen LogP contribution < -0.4 is 5.32 Å². The summed E-state index contributed by atoms with van der Waals surface area (Å²) in [5.74, 6) is -0.0564. The molecule has 1 saturated carbocycles. The van der Waals surface area contributed by atoms with Crippen molar-refractivity contribution in [1.29, 1.82) is 0 Å². The van der Waals surface area contributed by atoms with E-state index < -0.39 is 0 Å². The Bertz CT molecular complexity index is 1210. The minimum atomic E-state index is -0.0564. The third-order valence-electron chi connectivity index (χ3n) is 6.31. The van der Waals surface area contributed by atoms with Crippen LogP contribution in [-0.4, -0.2) is 36.7 Å². The van der Waals surface area contributed by atoms with Crippen molar-refractivity contribution in [2.24, 2.45) is 0 Å². The van der Waals surface area contributed by atoms with Crippen LogP contribution in [0.25, 0.3) is 22.3 Å². The molecule has 4 aromatic heterocycles. The fourth-order valence-corrected chi connectivity index (χ4v) is 4.54. The molecule has 7 heteroatoms. The zero-order valence-corrected chi connectivity index (χ0v) is 18.7. The molecule has 0 bridgehead atoms. The van der Waals surface area contributed by atoms with Crippen LogP contribution in [0.3, 0.4) is 0 Å². The van der Waals surface area contributed by atoms with Gasteiger partial charge in [-0.3, -0.25) is 14.8 Å². The Labute approximate surface area is 193 Å². The summed E-state index contributed by atoms with van der Waals surface area (Å²) in [6.07, 6.45) is 17.0. The van der Waals surface area contributed by atoms with E-state index in [9.17, 15) is 4.79 Å². The molecule has 168 valence electrons. The molecule has 1 amide bonds. The lowest BCUT2D eigenvalue weighted by Gasteiger charge is -2.21. The number of nitrogens with one attached hydrogen (secondary N) is 1. The molecular weight excluding hydrogens is 412 g/mol. The summed E-state index contributed by atoms with van der Waals surface area (Å²) in [6.45, 7) is 0.532. The summed E-state index contributed by atoms with van der Waals surface area (Å²) in [6, 6.07) is 9.83. The van der Waals surface area contributed by atoms with Gasteiger partial charge in [0.1, 0.15) is 0 Å². The van der Waals surface area contributed by atoms with Crippen molar-refractivity contribution in [3.8, 4) is 11.3 Å². The predicted octanol–water partition coefficient (Wildman–Crippen LogP) is 4.78. The Hall–Kier alpha value is -3.61. The highest BCUT2D eigenvalue weighted by atomic mass is 16.1. The summed E-state index contributed by atoms with van der Waals surface area (Å²) in [7, 11) is 0. The second-order valence-corrected chi connectivity index (χ2v) is 8.71. The maximum Gasteiger partial charge on any atom is 0.252 e. The molecule has 1 aliphatic carbocycles. The smallest absolute Gasteiger partial charge is 0.252 e. The fourth-order valence-electron chi connectivity index (χ4n) is 4.54. The summed E-state index contributed by atoms with van der Waals surface area (Å²) >= 11 is 0. The normalized spacial score (nSPS) is 15.2. The van der Waals surface area contributed by atoms with Gasteiger partial charge in [0.2, 0.25) is 0 Å². The van der Waals surface area contributed by atoms with E-state index in [1.165, 1.54) is 32.1 Å². The standard InChI is InChI=1S/C26H28N6O/c33-26(30-21-10-4-2-1-3-5-11-21)22-14-24(20-9-7-13-28-16-20)31-25-23(22)17-29-32(25)18-19-8-6-12-27-15-19/h6-9,12-17,21H,1-5,10-11,18H2,(H,30,33). The van der Waals surface area contributed by atoms with Crippen molar-refractivity contribution in [2.45, 2.75) is 57.5 Å². The van der Waals surface area contributed by atoms with Crippen LogP contribution in [0.5, 0.6) is 0 Å². The molecule has 0 atom stereocenters. The van der Waals surface area contributed by atoms with E-state index in [2.05, 4.69) is 20.4 Å². The molecule has 0 unspecified atom stereocenters. The Kier molecular flexibility index (Phi) is 6.37. The van der Waals surface area contributed by atoms with Gasteiger partial charge in [0, 0.05) is 36.4 Å². The molecule has 0 saturated heterocycles. The van der Waals surface area contributed by atoms with Gasteiger partial charge in [-0.15, -0.1) is 0 Å². The Morgan fingerprint density at radius 1 is 0.970 bits per heavy atom. The first-order valence-corrected chi connectivity index (χ1v) is 11.7. The number of carbonyl (C=O) groups excluding carboxylic acids is 1. The van der Waals surface area contributed by atoms with Crippen molar-refractivity contribution in [3.05, 3.63) is 72.4 Å². The number of nitrogens with zero attached hydrogens (tertiary/aromatic N) is 5. The lowest BCUT2D eigenvalue weighted by molar-refractivity contribution is 0.0932. The first-order chi connectivity index (χ1) is 16.3. The van der Waals surface area contributed by atoms with Crippen LogP contribution in [0.1, 0.15) is 60.9 Å². The number of rotatable bonds is 5. The highest BCUT2D eigenvalue weighted by molar-refractivity contribution is 6.06. The number of amides is 1. The minimum Gasteiger partial charge on any atom is -0.349 e. The number of aromatic nitrogens is 5. The topological polar surface area (TPSA) is 85.6 Å². The summed E-state index contributed by atoms with van der Waals surface area (Å²) in [5, 5.41) is 8.64. The highest BCUT2D eigenvalue weighted by Crippen LogP contribution is 2.26. The van der Waals surface area contributed by atoms with Gasteiger partial charge in [0.05, 0.1) is 29.4 Å². The second-order valence-electron chi connectivity index (χ2n) is 8.71. The Balaban J connectivity index is 1.52. The first-order valence-electron chi connectivity index (χ1n) is 11.7. The van der Waals surface area contributed by atoms with Gasteiger partial charge in [-0.2, -0.15) is 5.10 Å². The second kappa shape index (κ2) is 9.90. The molecule has 0 radical (unpaired) electrons. The van der Waals surface area contributed by atoms with E-state index in [-0.39, 0.29) is 11.9 Å². The highest BCUT2D eigenvalue weighted by Gasteiger charge is 2.21. The lowest BCUT2D eigenvalue weighted by atomic mass is 9.96. The monoisotopic (exact) mass is 440 g/mol. The van der Waals surface area contributed by atoms with Gasteiger partial charge in [-0.25, -0.2) is 9.67 Å². The van der Waals surface area contributed by atoms with Crippen LogP contribution >= 0.6 is 0 Å². The largest absolute Gasteiger partial charge is 0.349 e. The lowest BCUT2D eigenvalue weighted by Crippen LogP contribution is -2.35. The molecule has 0 aromatic carbocycles. The first kappa shape index (κ1) is 21.2. The van der Waals surface area contributed by atoms with E-state index in [1.807, 2.05) is 41.2 Å². The van der Waals surface area contributed by atoms with Gasteiger partial charge in [0.15, 0.2) is 5.65 Å². The summed E-state index contributed by atoms with van der Waals surface area (Å²) in [4.78, 5) is 26.8.